The SMILES string of the molecule is Cc1cccc(-c2oncc2C#N)c1. The van der Waals surface area contributed by atoms with Crippen molar-refractivity contribution >= 4 is 0 Å². The van der Waals surface area contributed by atoms with Crippen LogP contribution in [0, 0.1) is 18.3 Å². The van der Waals surface area contributed by atoms with E-state index in [0.717, 1.165) is 11.1 Å². The zero-order valence-corrected chi connectivity index (χ0v) is 7.69. The third-order valence-corrected chi connectivity index (χ3v) is 1.97. The van der Waals surface area contributed by atoms with Crippen molar-refractivity contribution in [2.24, 2.45) is 0 Å². The molecule has 0 atom stereocenters. The van der Waals surface area contributed by atoms with Gasteiger partial charge >= 0.3 is 0 Å². The number of aromatic nitrogens is 1. The molecule has 2 rings (SSSR count). The largest absolute Gasteiger partial charge is 0.355 e. The molecule has 1 aromatic carbocycles. The van der Waals surface area contributed by atoms with Gasteiger partial charge in [0, 0.05) is 5.56 Å². The monoisotopic (exact) mass is 184 g/mol. The molecule has 0 N–H and O–H groups in total. The average Bonchev–Trinajstić information content (AvgIpc) is 2.65. The predicted molar refractivity (Wildman–Crippen MR) is 51.4 cm³/mol. The van der Waals surface area contributed by atoms with Crippen LogP contribution in [-0.2, 0) is 0 Å². The van der Waals surface area contributed by atoms with Gasteiger partial charge in [-0.2, -0.15) is 5.26 Å². The summed E-state index contributed by atoms with van der Waals surface area (Å²) in [6.45, 7) is 1.99. The lowest BCUT2D eigenvalue weighted by Crippen LogP contribution is -1.79. The fourth-order valence-corrected chi connectivity index (χ4v) is 1.31. The molecule has 0 unspecified atom stereocenters. The van der Waals surface area contributed by atoms with E-state index in [1.165, 1.54) is 6.20 Å². The summed E-state index contributed by atoms with van der Waals surface area (Å²) in [5.41, 5.74) is 2.48. The third-order valence-electron chi connectivity index (χ3n) is 1.97. The number of hydrogen-bond donors (Lipinski definition) is 0. The van der Waals surface area contributed by atoms with Crippen LogP contribution in [0.4, 0.5) is 0 Å². The highest BCUT2D eigenvalue weighted by molar-refractivity contribution is 5.64. The maximum atomic E-state index is 8.79. The minimum atomic E-state index is 0.468. The van der Waals surface area contributed by atoms with Crippen molar-refractivity contribution in [3.05, 3.63) is 41.6 Å². The Morgan fingerprint density at radius 3 is 3.00 bits per heavy atom. The molecule has 0 aliphatic carbocycles. The van der Waals surface area contributed by atoms with Crippen molar-refractivity contribution in [1.82, 2.24) is 5.16 Å². The normalized spacial score (nSPS) is 9.71. The van der Waals surface area contributed by atoms with Crippen molar-refractivity contribution in [1.29, 1.82) is 5.26 Å². The number of nitrogens with zero attached hydrogens (tertiary/aromatic N) is 2. The van der Waals surface area contributed by atoms with Crippen LogP contribution in [0.3, 0.4) is 0 Å². The maximum absolute atomic E-state index is 8.79. The lowest BCUT2D eigenvalue weighted by molar-refractivity contribution is 0.432. The smallest absolute Gasteiger partial charge is 0.184 e. The molecule has 0 aliphatic rings. The molecule has 3 nitrogen and oxygen atoms in total. The third kappa shape index (κ3) is 1.38. The highest BCUT2D eigenvalue weighted by Crippen LogP contribution is 2.23. The topological polar surface area (TPSA) is 49.8 Å². The summed E-state index contributed by atoms with van der Waals surface area (Å²) in [5, 5.41) is 12.4. The van der Waals surface area contributed by atoms with Gasteiger partial charge in [0.1, 0.15) is 11.6 Å². The van der Waals surface area contributed by atoms with Crippen molar-refractivity contribution in [3.8, 4) is 17.4 Å². The molecule has 1 heterocycles. The van der Waals surface area contributed by atoms with E-state index in [1.54, 1.807) is 0 Å². The zero-order chi connectivity index (χ0) is 9.97. The number of aryl methyl sites for hydroxylation is 1. The second kappa shape index (κ2) is 3.35. The number of benzene rings is 1. The molecule has 0 radical (unpaired) electrons. The molecular weight excluding hydrogens is 176 g/mol. The van der Waals surface area contributed by atoms with Gasteiger partial charge in [0.25, 0.3) is 0 Å². The first kappa shape index (κ1) is 8.52. The molecule has 2 aromatic rings. The Kier molecular flexibility index (Phi) is 2.04. The molecule has 0 saturated carbocycles. The number of hydrogen-bond acceptors (Lipinski definition) is 3. The van der Waals surface area contributed by atoms with Gasteiger partial charge in [-0.3, -0.25) is 0 Å². The molecule has 14 heavy (non-hydrogen) atoms. The van der Waals surface area contributed by atoms with Crippen LogP contribution >= 0.6 is 0 Å². The van der Waals surface area contributed by atoms with Crippen molar-refractivity contribution < 1.29 is 4.52 Å². The van der Waals surface area contributed by atoms with E-state index in [9.17, 15) is 0 Å². The van der Waals surface area contributed by atoms with E-state index in [1.807, 2.05) is 37.3 Å². The highest BCUT2D eigenvalue weighted by atomic mass is 16.5. The van der Waals surface area contributed by atoms with E-state index < -0.39 is 0 Å². The van der Waals surface area contributed by atoms with Gasteiger partial charge in [-0.05, 0) is 13.0 Å². The van der Waals surface area contributed by atoms with Crippen LogP contribution < -0.4 is 0 Å². The van der Waals surface area contributed by atoms with Crippen LogP contribution in [0.15, 0.2) is 35.0 Å². The van der Waals surface area contributed by atoms with E-state index in [-0.39, 0.29) is 0 Å². The molecule has 1 aromatic heterocycles. The summed E-state index contributed by atoms with van der Waals surface area (Å²) in [6.07, 6.45) is 1.43. The number of nitriles is 1. The van der Waals surface area contributed by atoms with Crippen LogP contribution in [0.5, 0.6) is 0 Å². The first-order valence-electron chi connectivity index (χ1n) is 4.23. The molecular formula is C11H8N2O. The average molecular weight is 184 g/mol. The molecule has 0 amide bonds. The van der Waals surface area contributed by atoms with E-state index in [4.69, 9.17) is 9.78 Å². The van der Waals surface area contributed by atoms with Gasteiger partial charge in [0.05, 0.1) is 6.20 Å². The summed E-state index contributed by atoms with van der Waals surface area (Å²) >= 11 is 0. The summed E-state index contributed by atoms with van der Waals surface area (Å²) in [7, 11) is 0. The summed E-state index contributed by atoms with van der Waals surface area (Å²) in [5.74, 6) is 0.538. The van der Waals surface area contributed by atoms with Crippen LogP contribution in [0.25, 0.3) is 11.3 Å². The summed E-state index contributed by atoms with van der Waals surface area (Å²) in [4.78, 5) is 0. The zero-order valence-electron chi connectivity index (χ0n) is 7.69. The van der Waals surface area contributed by atoms with Gasteiger partial charge in [-0.25, -0.2) is 0 Å². The lowest BCUT2D eigenvalue weighted by Gasteiger charge is -1.97. The van der Waals surface area contributed by atoms with E-state index in [2.05, 4.69) is 5.16 Å². The standard InChI is InChI=1S/C11H8N2O/c1-8-3-2-4-9(5-8)11-10(6-12)7-13-14-11/h2-5,7H,1H3. The molecule has 3 heteroatoms. The van der Waals surface area contributed by atoms with E-state index in [0.29, 0.717) is 11.3 Å². The van der Waals surface area contributed by atoms with Gasteiger partial charge in [-0.1, -0.05) is 28.9 Å². The minimum Gasteiger partial charge on any atom is -0.355 e. The molecule has 68 valence electrons. The first-order chi connectivity index (χ1) is 6.81. The minimum absolute atomic E-state index is 0.468. The van der Waals surface area contributed by atoms with Crippen LogP contribution in [0.1, 0.15) is 11.1 Å². The quantitative estimate of drug-likeness (QED) is 0.684. The molecule has 0 fully saturated rings. The molecule has 0 saturated heterocycles. The number of rotatable bonds is 1. The second-order valence-corrected chi connectivity index (χ2v) is 3.05. The highest BCUT2D eigenvalue weighted by Gasteiger charge is 2.09. The van der Waals surface area contributed by atoms with Crippen molar-refractivity contribution in [3.63, 3.8) is 0 Å². The fraction of sp³-hybridized carbons (Fsp3) is 0.0909. The fourth-order valence-electron chi connectivity index (χ4n) is 1.31. The Morgan fingerprint density at radius 1 is 1.43 bits per heavy atom. The Balaban J connectivity index is 2.56. The summed E-state index contributed by atoms with van der Waals surface area (Å²) in [6, 6.07) is 9.81. The Labute approximate surface area is 81.6 Å². The Morgan fingerprint density at radius 2 is 2.29 bits per heavy atom. The lowest BCUT2D eigenvalue weighted by atomic mass is 10.1. The Bertz CT molecular complexity index is 494. The van der Waals surface area contributed by atoms with Gasteiger partial charge in [0.15, 0.2) is 5.76 Å². The second-order valence-electron chi connectivity index (χ2n) is 3.05. The van der Waals surface area contributed by atoms with Gasteiger partial charge < -0.3 is 4.52 Å². The molecule has 0 bridgehead atoms. The van der Waals surface area contributed by atoms with E-state index >= 15 is 0 Å². The van der Waals surface area contributed by atoms with Crippen LogP contribution in [0.2, 0.25) is 0 Å². The first-order valence-corrected chi connectivity index (χ1v) is 4.23. The molecule has 0 spiro atoms. The Hall–Kier alpha value is -2.08. The van der Waals surface area contributed by atoms with Crippen molar-refractivity contribution in [2.45, 2.75) is 6.92 Å². The van der Waals surface area contributed by atoms with Crippen LogP contribution in [-0.4, -0.2) is 5.16 Å². The molecule has 0 aliphatic heterocycles. The maximum Gasteiger partial charge on any atom is 0.184 e. The predicted octanol–water partition coefficient (Wildman–Crippen LogP) is 2.52. The van der Waals surface area contributed by atoms with Gasteiger partial charge in [-0.15, -0.1) is 0 Å². The van der Waals surface area contributed by atoms with Crippen molar-refractivity contribution in [2.75, 3.05) is 0 Å². The van der Waals surface area contributed by atoms with Gasteiger partial charge in [0.2, 0.25) is 0 Å². The summed E-state index contributed by atoms with van der Waals surface area (Å²) < 4.78 is 5.02.